The lowest BCUT2D eigenvalue weighted by molar-refractivity contribution is 0.211. The van der Waals surface area contributed by atoms with Crippen molar-refractivity contribution in [1.82, 2.24) is 19.6 Å². The fraction of sp³-hybridized carbons (Fsp3) is 0.429. The van der Waals surface area contributed by atoms with E-state index in [2.05, 4.69) is 62.7 Å². The van der Waals surface area contributed by atoms with Gasteiger partial charge in [-0.25, -0.2) is 18.1 Å². The summed E-state index contributed by atoms with van der Waals surface area (Å²) in [5, 5.41) is 8.35. The molecule has 1 saturated heterocycles. The molecule has 0 spiro atoms. The Bertz CT molecular complexity index is 1610. The first kappa shape index (κ1) is 30.5. The van der Waals surface area contributed by atoms with Crippen molar-refractivity contribution in [3.63, 3.8) is 0 Å². The van der Waals surface area contributed by atoms with E-state index in [1.807, 2.05) is 31.2 Å². The van der Waals surface area contributed by atoms with Crippen molar-refractivity contribution in [2.75, 3.05) is 36.8 Å². The first-order valence-electron chi connectivity index (χ1n) is 16.0. The zero-order valence-corrected chi connectivity index (χ0v) is 26.4. The molecule has 8 nitrogen and oxygen atoms in total. The second kappa shape index (κ2) is 14.1. The predicted molar refractivity (Wildman–Crippen MR) is 178 cm³/mol. The zero-order valence-electron chi connectivity index (χ0n) is 25.6. The molecule has 6 rings (SSSR count). The Morgan fingerprint density at radius 1 is 0.773 bits per heavy atom. The molecule has 2 heterocycles. The molecule has 44 heavy (non-hydrogen) atoms. The smallest absolute Gasteiger partial charge is 0.240 e. The number of likely N-dealkylation sites (tertiary alicyclic amines) is 1. The Hall–Kier alpha value is -3.53. The minimum Gasteiger partial charge on any atom is -0.367 e. The quantitative estimate of drug-likeness (QED) is 0.185. The highest BCUT2D eigenvalue weighted by molar-refractivity contribution is 7.89. The Morgan fingerprint density at radius 3 is 2.16 bits per heavy atom. The molecule has 9 heteroatoms. The second-order valence-corrected chi connectivity index (χ2v) is 14.3. The van der Waals surface area contributed by atoms with Crippen molar-refractivity contribution in [3.05, 3.63) is 90.0 Å². The Morgan fingerprint density at radius 2 is 1.43 bits per heavy atom. The van der Waals surface area contributed by atoms with Crippen molar-refractivity contribution in [3.8, 4) is 0 Å². The van der Waals surface area contributed by atoms with E-state index in [0.29, 0.717) is 35.3 Å². The number of rotatable bonds is 11. The van der Waals surface area contributed by atoms with Crippen LogP contribution in [0.4, 0.5) is 11.8 Å². The Balaban J connectivity index is 0.995. The van der Waals surface area contributed by atoms with Crippen molar-refractivity contribution in [1.29, 1.82) is 0 Å². The number of hydrogen-bond acceptors (Lipinski definition) is 7. The molecule has 2 fully saturated rings. The van der Waals surface area contributed by atoms with Gasteiger partial charge in [-0.15, -0.1) is 0 Å². The maximum atomic E-state index is 12.7. The van der Waals surface area contributed by atoms with Gasteiger partial charge in [-0.3, -0.25) is 4.90 Å². The van der Waals surface area contributed by atoms with E-state index < -0.39 is 10.0 Å². The van der Waals surface area contributed by atoms with E-state index in [4.69, 9.17) is 9.97 Å². The molecular formula is C35H44N6O2S. The van der Waals surface area contributed by atoms with Gasteiger partial charge < -0.3 is 10.6 Å². The summed E-state index contributed by atoms with van der Waals surface area (Å²) in [6.07, 6.45) is 6.30. The summed E-state index contributed by atoms with van der Waals surface area (Å²) in [7, 11) is -3.47. The summed E-state index contributed by atoms with van der Waals surface area (Å²) in [6.45, 7) is 6.40. The van der Waals surface area contributed by atoms with Gasteiger partial charge in [0.05, 0.1) is 10.4 Å². The third-order valence-corrected chi connectivity index (χ3v) is 10.6. The molecule has 0 atom stereocenters. The van der Waals surface area contributed by atoms with Crippen LogP contribution < -0.4 is 15.4 Å². The second-order valence-electron chi connectivity index (χ2n) is 12.5. The highest BCUT2D eigenvalue weighted by Gasteiger charge is 2.24. The highest BCUT2D eigenvalue weighted by atomic mass is 32.2. The lowest BCUT2D eigenvalue weighted by Gasteiger charge is -2.33. The monoisotopic (exact) mass is 612 g/mol. The summed E-state index contributed by atoms with van der Waals surface area (Å²) in [5.41, 5.74) is 3.36. The van der Waals surface area contributed by atoms with Crippen molar-refractivity contribution >= 4 is 32.7 Å². The average Bonchev–Trinajstić information content (AvgIpc) is 3.05. The molecule has 1 aromatic heterocycles. The molecule has 1 saturated carbocycles. The molecule has 3 aromatic carbocycles. The van der Waals surface area contributed by atoms with Crippen molar-refractivity contribution in [2.24, 2.45) is 11.8 Å². The molecule has 3 N–H and O–H groups in total. The fourth-order valence-electron chi connectivity index (χ4n) is 6.44. The lowest BCUT2D eigenvalue weighted by Crippen LogP contribution is -2.38. The van der Waals surface area contributed by atoms with Gasteiger partial charge in [-0.1, -0.05) is 60.2 Å². The van der Waals surface area contributed by atoms with Gasteiger partial charge in [0.2, 0.25) is 16.0 Å². The number of benzene rings is 3. The summed E-state index contributed by atoms with van der Waals surface area (Å²) < 4.78 is 28.2. The molecule has 0 radical (unpaired) electrons. The average molecular weight is 613 g/mol. The van der Waals surface area contributed by atoms with Crippen LogP contribution in [0.1, 0.15) is 49.7 Å². The van der Waals surface area contributed by atoms with Crippen LogP contribution in [0, 0.1) is 18.8 Å². The minimum absolute atomic E-state index is 0.332. The third kappa shape index (κ3) is 7.94. The maximum Gasteiger partial charge on any atom is 0.240 e. The van der Waals surface area contributed by atoms with Crippen molar-refractivity contribution < 1.29 is 8.42 Å². The first-order valence-corrected chi connectivity index (χ1v) is 17.5. The standard InChI is InChI=1S/C35H44N6O2S/c1-26-11-17-31(18-12-26)44(42,43)37-24-28-15-13-27(14-16-28)23-36-35-39-33-10-6-5-9-32(33)34(40-35)38-30-19-21-41(22-20-30)25-29-7-3-2-4-8-29/h2-12,17-18,27-28,30,37H,13-16,19-25H2,1H3,(H2,36,38,39,40)/t27-,28-. The van der Waals surface area contributed by atoms with E-state index in [9.17, 15) is 8.42 Å². The molecule has 0 bridgehead atoms. The van der Waals surface area contributed by atoms with Crippen molar-refractivity contribution in [2.45, 2.75) is 62.9 Å². The highest BCUT2D eigenvalue weighted by Crippen LogP contribution is 2.30. The number of anilines is 2. The zero-order chi connectivity index (χ0) is 30.4. The van der Waals surface area contributed by atoms with E-state index in [-0.39, 0.29) is 0 Å². The van der Waals surface area contributed by atoms with E-state index in [1.165, 1.54) is 5.56 Å². The molecule has 1 aliphatic carbocycles. The molecule has 0 amide bonds. The molecule has 2 aliphatic rings. The van der Waals surface area contributed by atoms with Gasteiger partial charge in [0.15, 0.2) is 0 Å². The normalized spacial score (nSPS) is 20.0. The SMILES string of the molecule is Cc1ccc(S(=O)(=O)NC[C@H]2CC[C@H](CNc3nc(NC4CCN(Cc5ccccc5)CC4)c4ccccc4n3)CC2)cc1. The Labute approximate surface area is 261 Å². The third-order valence-electron chi connectivity index (χ3n) is 9.19. The van der Waals surface area contributed by atoms with E-state index in [1.54, 1.807) is 12.1 Å². The largest absolute Gasteiger partial charge is 0.367 e. The van der Waals surface area contributed by atoms with Crippen LogP contribution in [-0.2, 0) is 16.6 Å². The molecule has 0 unspecified atom stereocenters. The van der Waals surface area contributed by atoms with Crippen LogP contribution in [0.3, 0.4) is 0 Å². The van der Waals surface area contributed by atoms with Crippen LogP contribution in [-0.4, -0.2) is 55.5 Å². The summed E-state index contributed by atoms with van der Waals surface area (Å²) in [6, 6.07) is 26.3. The van der Waals surface area contributed by atoms with Gasteiger partial charge in [-0.05, 0) is 87.1 Å². The van der Waals surface area contributed by atoms with Crippen LogP contribution in [0.5, 0.6) is 0 Å². The summed E-state index contributed by atoms with van der Waals surface area (Å²) in [5.74, 6) is 2.45. The van der Waals surface area contributed by atoms with Gasteiger partial charge >= 0.3 is 0 Å². The van der Waals surface area contributed by atoms with Crippen LogP contribution in [0.2, 0.25) is 0 Å². The Kier molecular flexibility index (Phi) is 9.74. The van der Waals surface area contributed by atoms with Crippen LogP contribution >= 0.6 is 0 Å². The van der Waals surface area contributed by atoms with Crippen LogP contribution in [0.25, 0.3) is 10.9 Å². The van der Waals surface area contributed by atoms with Gasteiger partial charge in [0, 0.05) is 44.2 Å². The summed E-state index contributed by atoms with van der Waals surface area (Å²) in [4.78, 5) is 12.6. The fourth-order valence-corrected chi connectivity index (χ4v) is 7.56. The number of para-hydroxylation sites is 1. The molecular weight excluding hydrogens is 568 g/mol. The first-order chi connectivity index (χ1) is 21.4. The number of hydrogen-bond donors (Lipinski definition) is 3. The molecule has 4 aromatic rings. The van der Waals surface area contributed by atoms with E-state index in [0.717, 1.165) is 87.0 Å². The number of nitrogens with one attached hydrogen (secondary N) is 3. The summed E-state index contributed by atoms with van der Waals surface area (Å²) >= 11 is 0. The van der Waals surface area contributed by atoms with Gasteiger partial charge in [0.25, 0.3) is 0 Å². The topological polar surface area (TPSA) is 99.2 Å². The number of piperidine rings is 1. The van der Waals surface area contributed by atoms with Crippen LogP contribution in [0.15, 0.2) is 83.8 Å². The molecule has 1 aliphatic heterocycles. The van der Waals surface area contributed by atoms with E-state index >= 15 is 0 Å². The minimum atomic E-state index is -3.47. The number of sulfonamides is 1. The number of nitrogens with zero attached hydrogens (tertiary/aromatic N) is 3. The number of aromatic nitrogens is 2. The lowest BCUT2D eigenvalue weighted by atomic mass is 9.82. The number of fused-ring (bicyclic) bond motifs is 1. The van der Waals surface area contributed by atoms with Gasteiger partial charge in [-0.2, -0.15) is 4.98 Å². The molecule has 232 valence electrons. The number of aryl methyl sites for hydroxylation is 1. The predicted octanol–water partition coefficient (Wildman–Crippen LogP) is 6.21. The van der Waals surface area contributed by atoms with Gasteiger partial charge in [0.1, 0.15) is 5.82 Å². The maximum absolute atomic E-state index is 12.7.